The van der Waals surface area contributed by atoms with E-state index in [1.807, 2.05) is 29.8 Å². The van der Waals surface area contributed by atoms with Gasteiger partial charge in [-0.2, -0.15) is 4.98 Å². The van der Waals surface area contributed by atoms with Crippen molar-refractivity contribution in [2.45, 2.75) is 17.7 Å². The van der Waals surface area contributed by atoms with Crippen LogP contribution >= 0.6 is 12.4 Å². The first kappa shape index (κ1) is 30.4. The number of carbonyl (C=O) groups is 1. The molecule has 0 saturated carbocycles. The Balaban J connectivity index is 0.00000387. The number of anilines is 2. The van der Waals surface area contributed by atoms with Gasteiger partial charge < -0.3 is 24.1 Å². The highest BCUT2D eigenvalue weighted by molar-refractivity contribution is 7.92. The number of aromatic nitrogens is 2. The van der Waals surface area contributed by atoms with Gasteiger partial charge in [-0.25, -0.2) is 8.42 Å². The van der Waals surface area contributed by atoms with Gasteiger partial charge in [0, 0.05) is 54.6 Å². The normalized spacial score (nSPS) is 14.0. The monoisotopic (exact) mass is 603 g/mol. The SMILES string of the molecule is COc1ccc(NS(=O)(=O)c2ccc3c(c2)c2ccc(NC(=O)CCCN4CCOCC4)cc2n3C)c(OC)n1.Cl. The molecule has 0 bridgehead atoms. The maximum Gasteiger partial charge on any atom is 0.262 e. The van der Waals surface area contributed by atoms with Crippen LogP contribution in [-0.2, 0) is 26.6 Å². The van der Waals surface area contributed by atoms with Crippen molar-refractivity contribution in [3.8, 4) is 11.8 Å². The van der Waals surface area contributed by atoms with Crippen molar-refractivity contribution in [3.05, 3.63) is 48.5 Å². The van der Waals surface area contributed by atoms with Gasteiger partial charge in [0.25, 0.3) is 10.0 Å². The van der Waals surface area contributed by atoms with E-state index < -0.39 is 10.0 Å². The van der Waals surface area contributed by atoms with Crippen molar-refractivity contribution < 1.29 is 27.4 Å². The lowest BCUT2D eigenvalue weighted by molar-refractivity contribution is -0.116. The second-order valence-corrected chi connectivity index (χ2v) is 11.3. The Labute approximate surface area is 245 Å². The zero-order chi connectivity index (χ0) is 28.3. The number of hydrogen-bond donors (Lipinski definition) is 2. The molecule has 2 aromatic carbocycles. The van der Waals surface area contributed by atoms with Gasteiger partial charge in [-0.05, 0) is 49.4 Å². The molecule has 5 rings (SSSR count). The number of rotatable bonds is 10. The lowest BCUT2D eigenvalue weighted by Gasteiger charge is -2.26. The number of pyridine rings is 1. The van der Waals surface area contributed by atoms with Crippen LogP contribution in [0, 0.1) is 0 Å². The standard InChI is InChI=1S/C28H33N5O6S.ClH/c1-32-24-10-7-20(40(35,36)31-23-9-11-27(37-2)30-28(23)38-3)18-22(24)21-8-6-19(17-25(21)32)29-26(34)5-4-12-33-13-15-39-16-14-33;/h6-11,17-18,31H,4-5,12-16H2,1-3H3,(H,29,34);1H. The molecule has 3 heterocycles. The number of benzene rings is 2. The second kappa shape index (κ2) is 12.9. The van der Waals surface area contributed by atoms with Gasteiger partial charge in [0.15, 0.2) is 0 Å². The average Bonchev–Trinajstić information content (AvgIpc) is 3.24. The molecule has 1 aliphatic heterocycles. The van der Waals surface area contributed by atoms with Crippen LogP contribution in [0.1, 0.15) is 12.8 Å². The number of hydrogen-bond acceptors (Lipinski definition) is 8. The minimum atomic E-state index is -3.95. The van der Waals surface area contributed by atoms with E-state index in [4.69, 9.17) is 14.2 Å². The molecular weight excluding hydrogens is 570 g/mol. The highest BCUT2D eigenvalue weighted by Crippen LogP contribution is 2.33. The third-order valence-electron chi connectivity index (χ3n) is 7.04. The van der Waals surface area contributed by atoms with Crippen molar-refractivity contribution >= 4 is 61.5 Å². The number of amides is 1. The Morgan fingerprint density at radius 3 is 2.51 bits per heavy atom. The molecule has 1 fully saturated rings. The topological polar surface area (TPSA) is 124 Å². The number of aryl methyl sites for hydroxylation is 1. The van der Waals surface area contributed by atoms with E-state index >= 15 is 0 Å². The molecule has 0 atom stereocenters. The van der Waals surface area contributed by atoms with Gasteiger partial charge in [0.05, 0.1) is 37.8 Å². The molecule has 11 nitrogen and oxygen atoms in total. The third kappa shape index (κ3) is 6.67. The molecule has 41 heavy (non-hydrogen) atoms. The first-order valence-electron chi connectivity index (χ1n) is 13.0. The van der Waals surface area contributed by atoms with Gasteiger partial charge in [-0.1, -0.05) is 6.07 Å². The van der Waals surface area contributed by atoms with Crippen LogP contribution in [0.2, 0.25) is 0 Å². The Morgan fingerprint density at radius 1 is 1.00 bits per heavy atom. The summed E-state index contributed by atoms with van der Waals surface area (Å²) >= 11 is 0. The molecule has 2 aromatic heterocycles. The predicted molar refractivity (Wildman–Crippen MR) is 161 cm³/mol. The minimum absolute atomic E-state index is 0. The molecule has 2 N–H and O–H groups in total. The molecule has 4 aromatic rings. The second-order valence-electron chi connectivity index (χ2n) is 9.59. The number of ether oxygens (including phenoxy) is 3. The van der Waals surface area contributed by atoms with E-state index in [2.05, 4.69) is 19.9 Å². The Morgan fingerprint density at radius 2 is 1.78 bits per heavy atom. The van der Waals surface area contributed by atoms with Crippen molar-refractivity contribution in [2.75, 3.05) is 57.1 Å². The van der Waals surface area contributed by atoms with E-state index in [0.29, 0.717) is 18.0 Å². The highest BCUT2D eigenvalue weighted by atomic mass is 35.5. The van der Waals surface area contributed by atoms with Crippen LogP contribution in [0.15, 0.2) is 53.4 Å². The summed E-state index contributed by atoms with van der Waals surface area (Å²) in [7, 11) is 0.845. The summed E-state index contributed by atoms with van der Waals surface area (Å²) in [6.45, 7) is 4.18. The maximum absolute atomic E-state index is 13.3. The Bertz CT molecular complexity index is 1650. The number of fused-ring (bicyclic) bond motifs is 3. The van der Waals surface area contributed by atoms with Crippen molar-refractivity contribution in [3.63, 3.8) is 0 Å². The van der Waals surface area contributed by atoms with Crippen LogP contribution in [0.4, 0.5) is 11.4 Å². The van der Waals surface area contributed by atoms with Crippen LogP contribution in [0.3, 0.4) is 0 Å². The molecule has 0 spiro atoms. The smallest absolute Gasteiger partial charge is 0.262 e. The molecule has 0 radical (unpaired) electrons. The number of morpholine rings is 1. The van der Waals surface area contributed by atoms with E-state index in [1.54, 1.807) is 24.3 Å². The number of halogens is 1. The average molecular weight is 604 g/mol. The predicted octanol–water partition coefficient (Wildman–Crippen LogP) is 4.02. The Kier molecular flexibility index (Phi) is 9.59. The number of carbonyl (C=O) groups excluding carboxylic acids is 1. The summed E-state index contributed by atoms with van der Waals surface area (Å²) in [5.41, 5.74) is 2.64. The summed E-state index contributed by atoms with van der Waals surface area (Å²) in [6, 6.07) is 13.7. The maximum atomic E-state index is 13.3. The van der Waals surface area contributed by atoms with Crippen LogP contribution in [-0.4, -0.2) is 75.8 Å². The lowest BCUT2D eigenvalue weighted by atomic mass is 10.1. The van der Waals surface area contributed by atoms with Crippen molar-refractivity contribution in [1.82, 2.24) is 14.5 Å². The lowest BCUT2D eigenvalue weighted by Crippen LogP contribution is -2.37. The zero-order valence-corrected chi connectivity index (χ0v) is 24.8. The molecule has 0 unspecified atom stereocenters. The molecule has 220 valence electrons. The van der Waals surface area contributed by atoms with Gasteiger partial charge in [-0.3, -0.25) is 14.4 Å². The first-order valence-corrected chi connectivity index (χ1v) is 14.5. The largest absolute Gasteiger partial charge is 0.481 e. The van der Waals surface area contributed by atoms with Crippen molar-refractivity contribution in [2.24, 2.45) is 7.05 Å². The molecular formula is C28H34ClN5O6S. The van der Waals surface area contributed by atoms with Crippen LogP contribution in [0.25, 0.3) is 21.8 Å². The van der Waals surface area contributed by atoms with E-state index in [1.165, 1.54) is 20.3 Å². The Hall–Kier alpha value is -3.58. The highest BCUT2D eigenvalue weighted by Gasteiger charge is 2.20. The number of nitrogens with zero attached hydrogens (tertiary/aromatic N) is 3. The van der Waals surface area contributed by atoms with Gasteiger partial charge >= 0.3 is 0 Å². The van der Waals surface area contributed by atoms with Gasteiger partial charge in [-0.15, -0.1) is 12.4 Å². The van der Waals surface area contributed by atoms with E-state index in [9.17, 15) is 13.2 Å². The summed E-state index contributed by atoms with van der Waals surface area (Å²) in [5, 5.41) is 4.66. The molecule has 0 aliphatic carbocycles. The minimum Gasteiger partial charge on any atom is -0.481 e. The van der Waals surface area contributed by atoms with E-state index in [0.717, 1.165) is 61.1 Å². The van der Waals surface area contributed by atoms with Gasteiger partial charge in [0.1, 0.15) is 5.69 Å². The molecule has 1 aliphatic rings. The summed E-state index contributed by atoms with van der Waals surface area (Å²) in [5.74, 6) is 0.375. The van der Waals surface area contributed by atoms with E-state index in [-0.39, 0.29) is 34.8 Å². The van der Waals surface area contributed by atoms with Crippen LogP contribution in [0.5, 0.6) is 11.8 Å². The van der Waals surface area contributed by atoms with Gasteiger partial charge in [0.2, 0.25) is 17.7 Å². The fraction of sp³-hybridized carbons (Fsp3) is 0.357. The molecule has 1 saturated heterocycles. The van der Waals surface area contributed by atoms with Crippen molar-refractivity contribution in [1.29, 1.82) is 0 Å². The number of sulfonamides is 1. The molecule has 13 heteroatoms. The first-order chi connectivity index (χ1) is 19.3. The summed E-state index contributed by atoms with van der Waals surface area (Å²) < 4.78 is 46.8. The number of methoxy groups -OCH3 is 2. The third-order valence-corrected chi connectivity index (χ3v) is 8.40. The fourth-order valence-electron chi connectivity index (χ4n) is 4.92. The van der Waals surface area contributed by atoms with Crippen LogP contribution < -0.4 is 19.5 Å². The summed E-state index contributed by atoms with van der Waals surface area (Å²) in [6.07, 6.45) is 1.22. The quantitative estimate of drug-likeness (QED) is 0.279. The fourth-order valence-corrected chi connectivity index (χ4v) is 6.00. The number of nitrogens with one attached hydrogen (secondary N) is 2. The summed E-state index contributed by atoms with van der Waals surface area (Å²) in [4.78, 5) is 19.1. The molecule has 1 amide bonds. The zero-order valence-electron chi connectivity index (χ0n) is 23.2.